The largest absolute Gasteiger partial charge is 0.495 e. The molecule has 2 rings (SSSR count). The lowest BCUT2D eigenvalue weighted by Gasteiger charge is -2.15. The highest BCUT2D eigenvalue weighted by Gasteiger charge is 2.25. The summed E-state index contributed by atoms with van der Waals surface area (Å²) in [6.45, 7) is 5.81. The molecule has 10 heteroatoms. The molecule has 0 aromatic heterocycles. The Morgan fingerprint density at radius 1 is 1.00 bits per heavy atom. The Labute approximate surface area is 191 Å². The number of amides is 1. The molecule has 0 heterocycles. The average molecular weight is 464 g/mol. The Morgan fingerprint density at radius 2 is 1.69 bits per heavy atom. The number of Topliss-reactive ketones (excluding diaryl/α,β-unsaturated/α-hetero) is 1. The fraction of sp³-hybridized carbons (Fsp3) is 0.364. The van der Waals surface area contributed by atoms with E-state index in [1.54, 1.807) is 18.2 Å². The molecule has 0 saturated heterocycles. The first kappa shape index (κ1) is 24.9. The summed E-state index contributed by atoms with van der Waals surface area (Å²) >= 11 is 6.15. The third kappa shape index (κ3) is 6.34. The topological polar surface area (TPSA) is 108 Å². The average Bonchev–Trinajstić information content (AvgIpc) is 2.75. The molecule has 0 aliphatic heterocycles. The minimum absolute atomic E-state index is 0.262. The van der Waals surface area contributed by atoms with Crippen molar-refractivity contribution in [2.45, 2.75) is 26.8 Å². The van der Waals surface area contributed by atoms with E-state index in [4.69, 9.17) is 30.5 Å². The van der Waals surface area contributed by atoms with Crippen LogP contribution < -0.4 is 24.3 Å². The highest BCUT2D eigenvalue weighted by Crippen LogP contribution is 2.36. The van der Waals surface area contributed by atoms with Crippen LogP contribution in [0.1, 0.15) is 20.8 Å². The Bertz CT molecular complexity index is 996. The predicted octanol–water partition coefficient (Wildman–Crippen LogP) is 4.83. The van der Waals surface area contributed by atoms with Crippen LogP contribution in [0.25, 0.3) is 0 Å². The van der Waals surface area contributed by atoms with Gasteiger partial charge in [-0.15, -0.1) is 0 Å². The molecule has 0 bridgehead atoms. The van der Waals surface area contributed by atoms with Crippen molar-refractivity contribution in [1.29, 1.82) is 0 Å². The maximum absolute atomic E-state index is 12.8. The minimum atomic E-state index is -1.40. The molecule has 0 aliphatic rings. The van der Waals surface area contributed by atoms with Gasteiger partial charge in [-0.3, -0.25) is 9.59 Å². The van der Waals surface area contributed by atoms with E-state index in [0.717, 1.165) is 0 Å². The van der Waals surface area contributed by atoms with Gasteiger partial charge in [0.05, 0.1) is 38.1 Å². The number of carbonyl (C=O) groups excluding carboxylic acids is 2. The zero-order chi connectivity index (χ0) is 23.7. The smallest absolute Gasteiger partial charge is 0.258 e. The van der Waals surface area contributed by atoms with Crippen LogP contribution in [0.4, 0.5) is 11.4 Å². The molecule has 0 fully saturated rings. The maximum Gasteiger partial charge on any atom is 0.258 e. The Hall–Kier alpha value is -3.33. The molecular weight excluding hydrogens is 438 g/mol. The third-order valence-corrected chi connectivity index (χ3v) is 4.48. The molecule has 0 saturated carbocycles. The van der Waals surface area contributed by atoms with E-state index in [2.05, 4.69) is 15.5 Å². The second-order valence-electron chi connectivity index (χ2n) is 6.40. The molecule has 32 heavy (non-hydrogen) atoms. The van der Waals surface area contributed by atoms with Crippen LogP contribution in [-0.2, 0) is 9.59 Å². The number of rotatable bonds is 11. The van der Waals surface area contributed by atoms with Crippen molar-refractivity contribution < 1.29 is 28.5 Å². The summed E-state index contributed by atoms with van der Waals surface area (Å²) in [4.78, 5) is 25.0. The molecule has 1 unspecified atom stereocenters. The van der Waals surface area contributed by atoms with E-state index < -0.39 is 17.7 Å². The summed E-state index contributed by atoms with van der Waals surface area (Å²) in [7, 11) is 2.89. The van der Waals surface area contributed by atoms with Gasteiger partial charge in [-0.2, -0.15) is 10.2 Å². The number of methoxy groups -OCH3 is 2. The highest BCUT2D eigenvalue weighted by atomic mass is 35.5. The molecule has 0 radical (unpaired) electrons. The van der Waals surface area contributed by atoms with Crippen LogP contribution in [0, 0.1) is 0 Å². The second-order valence-corrected chi connectivity index (χ2v) is 6.81. The van der Waals surface area contributed by atoms with Crippen molar-refractivity contribution in [2.75, 3.05) is 32.8 Å². The number of nitrogens with one attached hydrogen (secondary N) is 1. The summed E-state index contributed by atoms with van der Waals surface area (Å²) < 4.78 is 21.4. The monoisotopic (exact) mass is 463 g/mol. The lowest BCUT2D eigenvalue weighted by atomic mass is 10.2. The number of hydrogen-bond donors (Lipinski definition) is 1. The molecule has 2 aromatic rings. The van der Waals surface area contributed by atoms with Gasteiger partial charge in [0.1, 0.15) is 28.7 Å². The fourth-order valence-corrected chi connectivity index (χ4v) is 2.95. The van der Waals surface area contributed by atoms with Gasteiger partial charge in [0.25, 0.3) is 5.91 Å². The molecule has 0 spiro atoms. The second kappa shape index (κ2) is 11.9. The molecule has 2 aromatic carbocycles. The quantitative estimate of drug-likeness (QED) is 0.377. The first-order valence-corrected chi connectivity index (χ1v) is 10.3. The van der Waals surface area contributed by atoms with Gasteiger partial charge in [-0.25, -0.2) is 0 Å². The number of ketones is 1. The van der Waals surface area contributed by atoms with Crippen LogP contribution >= 0.6 is 11.6 Å². The standard InChI is InChI=1S/C22H26ClN3O6/c1-6-31-14-8-9-18(32-7-2)17(10-14)25-26-21(13(3)27)22(28)24-16-11-15(23)19(29-4)12-20(16)30-5/h8-12,21H,6-7H2,1-5H3,(H,24,28). The fourth-order valence-electron chi connectivity index (χ4n) is 2.71. The van der Waals surface area contributed by atoms with Gasteiger partial charge < -0.3 is 24.3 Å². The highest BCUT2D eigenvalue weighted by molar-refractivity contribution is 6.32. The van der Waals surface area contributed by atoms with Gasteiger partial charge in [0, 0.05) is 12.1 Å². The molecule has 9 nitrogen and oxygen atoms in total. The summed E-state index contributed by atoms with van der Waals surface area (Å²) in [6.07, 6.45) is 0. The lowest BCUT2D eigenvalue weighted by Crippen LogP contribution is -2.32. The van der Waals surface area contributed by atoms with E-state index in [-0.39, 0.29) is 10.7 Å². The SMILES string of the molecule is CCOc1ccc(OCC)c(N=NC(C(C)=O)C(=O)Nc2cc(Cl)c(OC)cc2OC)c1. The number of carbonyl (C=O) groups is 2. The molecule has 1 N–H and O–H groups in total. The zero-order valence-electron chi connectivity index (χ0n) is 18.6. The van der Waals surface area contributed by atoms with Gasteiger partial charge in [-0.1, -0.05) is 11.6 Å². The number of halogens is 1. The number of anilines is 1. The predicted molar refractivity (Wildman–Crippen MR) is 121 cm³/mol. The van der Waals surface area contributed by atoms with Gasteiger partial charge >= 0.3 is 0 Å². The maximum atomic E-state index is 12.8. The Kier molecular flexibility index (Phi) is 9.27. The number of hydrogen-bond acceptors (Lipinski definition) is 8. The van der Waals surface area contributed by atoms with Crippen LogP contribution in [-0.4, -0.2) is 45.2 Å². The van der Waals surface area contributed by atoms with E-state index in [0.29, 0.717) is 41.9 Å². The van der Waals surface area contributed by atoms with E-state index in [1.807, 2.05) is 13.8 Å². The van der Waals surface area contributed by atoms with Crippen molar-refractivity contribution >= 4 is 34.7 Å². The van der Waals surface area contributed by atoms with Gasteiger partial charge in [0.15, 0.2) is 5.78 Å². The van der Waals surface area contributed by atoms with Crippen LogP contribution in [0.2, 0.25) is 5.02 Å². The van der Waals surface area contributed by atoms with E-state index in [9.17, 15) is 9.59 Å². The number of azo groups is 1. The number of nitrogens with zero attached hydrogens (tertiary/aromatic N) is 2. The van der Waals surface area contributed by atoms with Crippen molar-refractivity contribution in [3.63, 3.8) is 0 Å². The van der Waals surface area contributed by atoms with Gasteiger partial charge in [0.2, 0.25) is 6.04 Å². The summed E-state index contributed by atoms with van der Waals surface area (Å²) in [5, 5.41) is 10.9. The van der Waals surface area contributed by atoms with Crippen LogP contribution in [0.15, 0.2) is 40.6 Å². The summed E-state index contributed by atoms with van der Waals surface area (Å²) in [6, 6.07) is 6.64. The van der Waals surface area contributed by atoms with Crippen molar-refractivity contribution in [2.24, 2.45) is 10.2 Å². The zero-order valence-corrected chi connectivity index (χ0v) is 19.4. The van der Waals surface area contributed by atoms with Gasteiger partial charge in [-0.05, 0) is 39.0 Å². The lowest BCUT2D eigenvalue weighted by molar-refractivity contribution is -0.126. The molecule has 1 atom stereocenters. The molecular formula is C22H26ClN3O6. The third-order valence-electron chi connectivity index (χ3n) is 4.19. The molecule has 172 valence electrons. The normalized spacial score (nSPS) is 11.7. The van der Waals surface area contributed by atoms with Crippen LogP contribution in [0.5, 0.6) is 23.0 Å². The first-order valence-electron chi connectivity index (χ1n) is 9.87. The minimum Gasteiger partial charge on any atom is -0.495 e. The summed E-state index contributed by atoms with van der Waals surface area (Å²) in [5.74, 6) is 0.504. The summed E-state index contributed by atoms with van der Waals surface area (Å²) in [5.41, 5.74) is 0.597. The first-order chi connectivity index (χ1) is 15.3. The molecule has 0 aliphatic carbocycles. The Balaban J connectivity index is 2.32. The number of ether oxygens (including phenoxy) is 4. The van der Waals surface area contributed by atoms with Crippen molar-refractivity contribution in [3.05, 3.63) is 35.4 Å². The van der Waals surface area contributed by atoms with E-state index in [1.165, 1.54) is 33.3 Å². The van der Waals surface area contributed by atoms with E-state index >= 15 is 0 Å². The molecule has 1 amide bonds. The van der Waals surface area contributed by atoms with Crippen molar-refractivity contribution in [3.8, 4) is 23.0 Å². The number of benzene rings is 2. The van der Waals surface area contributed by atoms with Crippen molar-refractivity contribution in [1.82, 2.24) is 0 Å². The Morgan fingerprint density at radius 3 is 2.28 bits per heavy atom. The van der Waals surface area contributed by atoms with Crippen LogP contribution in [0.3, 0.4) is 0 Å².